The molecular weight excluding hydrogens is 729 g/mol. The molecule has 0 spiro atoms. The fraction of sp³-hybridized carbons (Fsp3) is 0.162. The Morgan fingerprint density at radius 1 is 0.692 bits per heavy atom. The lowest BCUT2D eigenvalue weighted by atomic mass is 9.90. The molecular formula is C37H37N2O10S3+. The summed E-state index contributed by atoms with van der Waals surface area (Å²) in [5, 5.41) is 10.2. The van der Waals surface area contributed by atoms with E-state index >= 15 is 0 Å². The van der Waals surface area contributed by atoms with Crippen LogP contribution < -0.4 is 4.90 Å². The van der Waals surface area contributed by atoms with Gasteiger partial charge in [-0.1, -0.05) is 42.5 Å². The molecule has 0 aliphatic heterocycles. The molecule has 0 bridgehead atoms. The monoisotopic (exact) mass is 765 g/mol. The zero-order valence-corrected chi connectivity index (χ0v) is 30.6. The minimum atomic E-state index is -4.79. The molecule has 4 N–H and O–H groups in total. The van der Waals surface area contributed by atoms with Crippen molar-refractivity contribution < 1.29 is 48.6 Å². The second-order valence-electron chi connectivity index (χ2n) is 11.9. The SMILES string of the molecule is CCN(Cc1ccccc1S(=O)(=O)O)c1ccc(C(=C2C=CC(=[N+](CC)Cc3cccc(S(=O)(=O)O)c3)C=C2)c2ccc(O)cc2S(=O)(=O)O)cc1. The third-order valence-corrected chi connectivity index (χ3v) is 11.2. The maximum Gasteiger partial charge on any atom is 0.295 e. The van der Waals surface area contributed by atoms with Gasteiger partial charge in [-0.3, -0.25) is 13.7 Å². The van der Waals surface area contributed by atoms with Crippen LogP contribution in [0.2, 0.25) is 0 Å². The summed E-state index contributed by atoms with van der Waals surface area (Å²) in [4.78, 5) is 0.997. The number of nitrogens with zero attached hydrogens (tertiary/aromatic N) is 2. The molecule has 12 nitrogen and oxygen atoms in total. The lowest BCUT2D eigenvalue weighted by Gasteiger charge is -2.25. The Labute approximate surface area is 303 Å². The zero-order valence-electron chi connectivity index (χ0n) is 28.2. The number of rotatable bonds is 12. The van der Waals surface area contributed by atoms with E-state index in [-0.39, 0.29) is 27.6 Å². The lowest BCUT2D eigenvalue weighted by Crippen LogP contribution is -2.23. The van der Waals surface area contributed by atoms with Crippen LogP contribution in [0.25, 0.3) is 5.57 Å². The average molecular weight is 766 g/mol. The molecule has 0 atom stereocenters. The Kier molecular flexibility index (Phi) is 11.3. The molecule has 5 rings (SSSR count). The Hall–Kier alpha value is -4.90. The van der Waals surface area contributed by atoms with E-state index in [0.29, 0.717) is 53.2 Å². The molecule has 0 amide bonds. The Bertz CT molecular complexity index is 2450. The maximum atomic E-state index is 12.6. The van der Waals surface area contributed by atoms with Crippen molar-refractivity contribution >= 4 is 47.3 Å². The van der Waals surface area contributed by atoms with E-state index in [1.54, 1.807) is 60.7 Å². The van der Waals surface area contributed by atoms with Crippen LogP contribution in [0.3, 0.4) is 0 Å². The van der Waals surface area contributed by atoms with Crippen LogP contribution in [0.4, 0.5) is 5.69 Å². The molecule has 4 aromatic rings. The van der Waals surface area contributed by atoms with E-state index in [1.807, 2.05) is 35.5 Å². The summed E-state index contributed by atoms with van der Waals surface area (Å²) in [6.07, 6.45) is 7.19. The number of phenolic OH excluding ortho intramolecular Hbond substituents is 1. The predicted molar refractivity (Wildman–Crippen MR) is 197 cm³/mol. The summed E-state index contributed by atoms with van der Waals surface area (Å²) < 4.78 is 104. The topological polar surface area (TPSA) is 190 Å². The number of phenols is 1. The number of aromatic hydroxyl groups is 1. The van der Waals surface area contributed by atoms with E-state index in [4.69, 9.17) is 0 Å². The largest absolute Gasteiger partial charge is 0.508 e. The van der Waals surface area contributed by atoms with Crippen LogP contribution in [-0.4, -0.2) is 67.4 Å². The number of hydrogen-bond acceptors (Lipinski definition) is 8. The Morgan fingerprint density at radius 2 is 1.35 bits per heavy atom. The van der Waals surface area contributed by atoms with Crippen LogP contribution in [0.1, 0.15) is 36.1 Å². The second-order valence-corrected chi connectivity index (χ2v) is 16.1. The first-order chi connectivity index (χ1) is 24.5. The van der Waals surface area contributed by atoms with Crippen molar-refractivity contribution in [3.05, 3.63) is 143 Å². The van der Waals surface area contributed by atoms with E-state index < -0.39 is 35.2 Å². The molecule has 272 valence electrons. The molecule has 0 unspecified atom stereocenters. The molecule has 4 aromatic carbocycles. The van der Waals surface area contributed by atoms with Crippen molar-refractivity contribution in [2.75, 3.05) is 18.0 Å². The highest BCUT2D eigenvalue weighted by molar-refractivity contribution is 7.86. The first kappa shape index (κ1) is 38.3. The van der Waals surface area contributed by atoms with Crippen LogP contribution in [0.5, 0.6) is 5.75 Å². The molecule has 0 saturated heterocycles. The lowest BCUT2D eigenvalue weighted by molar-refractivity contribution is -0.539. The summed E-state index contributed by atoms with van der Waals surface area (Å²) in [6, 6.07) is 22.9. The fourth-order valence-corrected chi connectivity index (χ4v) is 7.96. The Morgan fingerprint density at radius 3 is 1.94 bits per heavy atom. The number of benzene rings is 4. The number of allylic oxidation sites excluding steroid dienone is 5. The van der Waals surface area contributed by atoms with E-state index in [0.717, 1.165) is 11.8 Å². The first-order valence-electron chi connectivity index (χ1n) is 16.0. The van der Waals surface area contributed by atoms with Gasteiger partial charge in [0.1, 0.15) is 17.2 Å². The summed E-state index contributed by atoms with van der Waals surface area (Å²) in [7, 11) is -13.6. The normalized spacial score (nSPS) is 13.3. The molecule has 0 saturated carbocycles. The van der Waals surface area contributed by atoms with Gasteiger partial charge in [-0.25, -0.2) is 4.58 Å². The summed E-state index contributed by atoms with van der Waals surface area (Å²) in [5.74, 6) is -0.359. The van der Waals surface area contributed by atoms with Gasteiger partial charge in [-0.15, -0.1) is 0 Å². The van der Waals surface area contributed by atoms with Crippen molar-refractivity contribution in [2.24, 2.45) is 0 Å². The third-order valence-electron chi connectivity index (χ3n) is 8.50. The second kappa shape index (κ2) is 15.4. The highest BCUT2D eigenvalue weighted by Gasteiger charge is 2.24. The van der Waals surface area contributed by atoms with Gasteiger partial charge in [0.05, 0.1) is 9.79 Å². The van der Waals surface area contributed by atoms with Crippen molar-refractivity contribution in [3.63, 3.8) is 0 Å². The molecule has 0 heterocycles. The van der Waals surface area contributed by atoms with Crippen LogP contribution >= 0.6 is 0 Å². The minimum Gasteiger partial charge on any atom is -0.508 e. The van der Waals surface area contributed by atoms with Crippen molar-refractivity contribution in [1.82, 2.24) is 0 Å². The van der Waals surface area contributed by atoms with Crippen LogP contribution in [0.15, 0.2) is 136 Å². The van der Waals surface area contributed by atoms with Gasteiger partial charge < -0.3 is 10.0 Å². The van der Waals surface area contributed by atoms with E-state index in [2.05, 4.69) is 0 Å². The Balaban J connectivity index is 1.58. The molecule has 1 aliphatic carbocycles. The third kappa shape index (κ3) is 8.93. The highest BCUT2D eigenvalue weighted by Crippen LogP contribution is 2.36. The number of anilines is 1. The summed E-state index contributed by atoms with van der Waals surface area (Å²) in [5.41, 5.74) is 4.22. The summed E-state index contributed by atoms with van der Waals surface area (Å²) >= 11 is 0. The van der Waals surface area contributed by atoms with Crippen LogP contribution in [-0.2, 0) is 43.4 Å². The van der Waals surface area contributed by atoms with Gasteiger partial charge in [-0.05, 0) is 90.7 Å². The van der Waals surface area contributed by atoms with Gasteiger partial charge in [0.2, 0.25) is 0 Å². The highest BCUT2D eigenvalue weighted by atomic mass is 32.2. The minimum absolute atomic E-state index is 0.129. The number of hydrogen-bond donors (Lipinski definition) is 4. The molecule has 52 heavy (non-hydrogen) atoms. The van der Waals surface area contributed by atoms with Gasteiger partial charge in [0.15, 0.2) is 12.3 Å². The first-order valence-corrected chi connectivity index (χ1v) is 20.3. The van der Waals surface area contributed by atoms with Gasteiger partial charge in [0.25, 0.3) is 30.4 Å². The molecule has 15 heteroatoms. The quantitative estimate of drug-likeness (QED) is 0.101. The van der Waals surface area contributed by atoms with Crippen LogP contribution in [0, 0.1) is 0 Å². The molecule has 0 fully saturated rings. The van der Waals surface area contributed by atoms with E-state index in [9.17, 15) is 44.0 Å². The average Bonchev–Trinajstić information content (AvgIpc) is 3.10. The maximum absolute atomic E-state index is 12.6. The molecule has 1 aliphatic rings. The van der Waals surface area contributed by atoms with Crippen molar-refractivity contribution in [1.29, 1.82) is 0 Å². The zero-order chi connectivity index (χ0) is 37.8. The predicted octanol–water partition coefficient (Wildman–Crippen LogP) is 5.76. The van der Waals surface area contributed by atoms with Gasteiger partial charge in [-0.2, -0.15) is 25.3 Å². The van der Waals surface area contributed by atoms with Gasteiger partial charge in [0, 0.05) is 48.1 Å². The standard InChI is InChI=1S/C37H36N2O10S3/c1-3-38(24-26-8-7-10-33(22-26)50(41,42)43)30-16-12-27(13-17-30)37(34-21-20-32(40)23-36(34)52(47,48)49)28-14-18-31(19-15-28)39(4-2)25-29-9-5-6-11-35(29)51(44,45)46/h5-23H,3-4,24-25H2,1-2H3,(H3,41,42,43,44,45,46,47,48,49)/p+1. The van der Waals surface area contributed by atoms with Crippen molar-refractivity contribution in [2.45, 2.75) is 41.6 Å². The fourth-order valence-electron chi connectivity index (χ4n) is 5.97. The van der Waals surface area contributed by atoms with E-state index in [1.165, 1.54) is 36.4 Å². The van der Waals surface area contributed by atoms with Gasteiger partial charge >= 0.3 is 0 Å². The smallest absolute Gasteiger partial charge is 0.295 e. The summed E-state index contributed by atoms with van der Waals surface area (Å²) in [6.45, 7) is 5.34. The molecule has 0 aromatic heterocycles. The molecule has 0 radical (unpaired) electrons. The van der Waals surface area contributed by atoms with Crippen molar-refractivity contribution in [3.8, 4) is 5.75 Å².